The van der Waals surface area contributed by atoms with Crippen LogP contribution in [0.5, 0.6) is 0 Å². The molecule has 14 heavy (non-hydrogen) atoms. The highest BCUT2D eigenvalue weighted by atomic mass is 35.5. The fourth-order valence-corrected chi connectivity index (χ4v) is 2.35. The van der Waals surface area contributed by atoms with Crippen LogP contribution in [0.1, 0.15) is 24.4 Å². The number of benzene rings is 1. The van der Waals surface area contributed by atoms with Crippen molar-refractivity contribution in [2.24, 2.45) is 0 Å². The molecule has 0 saturated carbocycles. The third-order valence-corrected chi connectivity index (χ3v) is 3.40. The lowest BCUT2D eigenvalue weighted by Crippen LogP contribution is -1.74. The van der Waals surface area contributed by atoms with Gasteiger partial charge < -0.3 is 0 Å². The molecule has 3 heteroatoms. The Kier molecular flexibility index (Phi) is 3.90. The number of aryl methyl sites for hydroxylation is 2. The Bertz CT molecular complexity index is 434. The van der Waals surface area contributed by atoms with Crippen molar-refractivity contribution in [3.63, 3.8) is 0 Å². The van der Waals surface area contributed by atoms with E-state index < -0.39 is 0 Å². The van der Waals surface area contributed by atoms with Gasteiger partial charge in [0, 0.05) is 0 Å². The molecule has 0 aliphatic carbocycles. The van der Waals surface area contributed by atoms with Gasteiger partial charge in [0.05, 0.1) is 20.2 Å². The molecule has 2 rings (SSSR count). The Balaban J connectivity index is 0.000000461. The summed E-state index contributed by atoms with van der Waals surface area (Å²) >= 11 is 7.76. The summed E-state index contributed by atoms with van der Waals surface area (Å²) in [5, 5.41) is 1.91. The predicted molar refractivity (Wildman–Crippen MR) is 65.5 cm³/mol. The lowest BCUT2D eigenvalue weighted by Gasteiger charge is -1.95. The third kappa shape index (κ3) is 2.07. The molecule has 0 fully saturated rings. The number of hydrogen-bond acceptors (Lipinski definition) is 2. The maximum atomic E-state index is 6.11. The van der Waals surface area contributed by atoms with Crippen LogP contribution in [-0.4, -0.2) is 4.98 Å². The van der Waals surface area contributed by atoms with Gasteiger partial charge in [-0.3, -0.25) is 0 Å². The van der Waals surface area contributed by atoms with Crippen LogP contribution in [0, 0.1) is 13.8 Å². The second-order valence-electron chi connectivity index (χ2n) is 2.78. The van der Waals surface area contributed by atoms with E-state index in [0.29, 0.717) is 0 Å². The zero-order chi connectivity index (χ0) is 10.7. The summed E-state index contributed by atoms with van der Waals surface area (Å²) in [6.45, 7) is 8.01. The molecule has 0 radical (unpaired) electrons. The Labute approximate surface area is 93.7 Å². The monoisotopic (exact) mass is 227 g/mol. The van der Waals surface area contributed by atoms with Crippen molar-refractivity contribution in [2.75, 3.05) is 0 Å². The molecule has 76 valence electrons. The van der Waals surface area contributed by atoms with E-state index in [1.807, 2.05) is 39.8 Å². The van der Waals surface area contributed by atoms with Gasteiger partial charge in [-0.2, -0.15) is 0 Å². The van der Waals surface area contributed by atoms with Crippen LogP contribution in [0.15, 0.2) is 12.1 Å². The van der Waals surface area contributed by atoms with E-state index in [2.05, 4.69) is 4.98 Å². The zero-order valence-electron chi connectivity index (χ0n) is 8.89. The summed E-state index contributed by atoms with van der Waals surface area (Å²) in [4.78, 5) is 4.35. The number of nitrogens with zero attached hydrogens (tertiary/aromatic N) is 1. The highest BCUT2D eigenvalue weighted by Crippen LogP contribution is 2.31. The lowest BCUT2D eigenvalue weighted by molar-refractivity contribution is 1.34. The van der Waals surface area contributed by atoms with E-state index in [9.17, 15) is 0 Å². The smallest absolute Gasteiger partial charge is 0.0908 e. The number of rotatable bonds is 0. The molecular weight excluding hydrogens is 214 g/mol. The number of fused-ring (bicyclic) bond motifs is 1. The molecule has 2 aromatic rings. The molecule has 0 aliphatic rings. The van der Waals surface area contributed by atoms with Crippen molar-refractivity contribution in [3.05, 3.63) is 27.7 Å². The first-order chi connectivity index (χ1) is 6.68. The molecular formula is C11H14ClNS. The quantitative estimate of drug-likeness (QED) is 0.642. The van der Waals surface area contributed by atoms with E-state index in [4.69, 9.17) is 11.6 Å². The maximum Gasteiger partial charge on any atom is 0.0908 e. The lowest BCUT2D eigenvalue weighted by atomic mass is 10.2. The maximum absolute atomic E-state index is 6.11. The Morgan fingerprint density at radius 3 is 2.50 bits per heavy atom. The first kappa shape index (κ1) is 11.5. The molecule has 0 bridgehead atoms. The van der Waals surface area contributed by atoms with Gasteiger partial charge in [0.1, 0.15) is 0 Å². The summed E-state index contributed by atoms with van der Waals surface area (Å²) in [6.07, 6.45) is 0. The zero-order valence-corrected chi connectivity index (χ0v) is 10.5. The van der Waals surface area contributed by atoms with Gasteiger partial charge in [-0.05, 0) is 25.5 Å². The minimum Gasteiger partial charge on any atom is -0.241 e. The van der Waals surface area contributed by atoms with Gasteiger partial charge in [-0.15, -0.1) is 11.3 Å². The van der Waals surface area contributed by atoms with Gasteiger partial charge in [-0.25, -0.2) is 4.98 Å². The average Bonchev–Trinajstić information content (AvgIpc) is 2.57. The molecule has 1 aromatic carbocycles. The SMILES string of the molecule is CC.Cc1nc2ccc(C)c(Cl)c2s1. The highest BCUT2D eigenvalue weighted by molar-refractivity contribution is 7.19. The van der Waals surface area contributed by atoms with Crippen LogP contribution in [0.2, 0.25) is 5.02 Å². The topological polar surface area (TPSA) is 12.9 Å². The van der Waals surface area contributed by atoms with Crippen LogP contribution in [0.25, 0.3) is 10.2 Å². The summed E-state index contributed by atoms with van der Waals surface area (Å²) in [7, 11) is 0. The fourth-order valence-electron chi connectivity index (χ4n) is 1.17. The second-order valence-corrected chi connectivity index (χ2v) is 4.36. The van der Waals surface area contributed by atoms with Crippen LogP contribution in [-0.2, 0) is 0 Å². The first-order valence-electron chi connectivity index (χ1n) is 4.71. The molecule has 1 aromatic heterocycles. The van der Waals surface area contributed by atoms with Crippen LogP contribution >= 0.6 is 22.9 Å². The van der Waals surface area contributed by atoms with Gasteiger partial charge in [0.15, 0.2) is 0 Å². The van der Waals surface area contributed by atoms with E-state index in [1.165, 1.54) is 0 Å². The van der Waals surface area contributed by atoms with Crippen molar-refractivity contribution in [3.8, 4) is 0 Å². The molecule has 1 heterocycles. The molecule has 0 aliphatic heterocycles. The molecule has 0 spiro atoms. The van der Waals surface area contributed by atoms with E-state index >= 15 is 0 Å². The number of thiazole rings is 1. The molecule has 0 saturated heterocycles. The minimum absolute atomic E-state index is 0.845. The van der Waals surface area contributed by atoms with Gasteiger partial charge >= 0.3 is 0 Å². The average molecular weight is 228 g/mol. The van der Waals surface area contributed by atoms with Crippen molar-refractivity contribution in [1.82, 2.24) is 4.98 Å². The molecule has 0 unspecified atom stereocenters. The number of hydrogen-bond donors (Lipinski definition) is 0. The fraction of sp³-hybridized carbons (Fsp3) is 0.364. The van der Waals surface area contributed by atoms with Gasteiger partial charge in [0.2, 0.25) is 0 Å². The number of halogens is 1. The van der Waals surface area contributed by atoms with Crippen molar-refractivity contribution < 1.29 is 0 Å². The first-order valence-corrected chi connectivity index (χ1v) is 5.90. The predicted octanol–water partition coefficient (Wildman–Crippen LogP) is 4.59. The van der Waals surface area contributed by atoms with Gasteiger partial charge in [-0.1, -0.05) is 31.5 Å². The Morgan fingerprint density at radius 2 is 1.86 bits per heavy atom. The molecule has 1 nitrogen and oxygen atoms in total. The molecule has 0 atom stereocenters. The molecule has 0 amide bonds. The summed E-state index contributed by atoms with van der Waals surface area (Å²) in [6, 6.07) is 4.02. The summed E-state index contributed by atoms with van der Waals surface area (Å²) < 4.78 is 1.11. The Hall–Kier alpha value is -0.600. The molecule has 0 N–H and O–H groups in total. The number of aromatic nitrogens is 1. The van der Waals surface area contributed by atoms with Gasteiger partial charge in [0.25, 0.3) is 0 Å². The van der Waals surface area contributed by atoms with Crippen LogP contribution < -0.4 is 0 Å². The van der Waals surface area contributed by atoms with Crippen molar-refractivity contribution in [2.45, 2.75) is 27.7 Å². The largest absolute Gasteiger partial charge is 0.241 e. The van der Waals surface area contributed by atoms with E-state index in [-0.39, 0.29) is 0 Å². The summed E-state index contributed by atoms with van der Waals surface area (Å²) in [5.74, 6) is 0. The van der Waals surface area contributed by atoms with Crippen LogP contribution in [0.4, 0.5) is 0 Å². The van der Waals surface area contributed by atoms with E-state index in [0.717, 1.165) is 25.8 Å². The Morgan fingerprint density at radius 1 is 1.21 bits per heavy atom. The van der Waals surface area contributed by atoms with Crippen molar-refractivity contribution in [1.29, 1.82) is 0 Å². The highest BCUT2D eigenvalue weighted by Gasteiger charge is 2.05. The van der Waals surface area contributed by atoms with Crippen molar-refractivity contribution >= 4 is 33.2 Å². The minimum atomic E-state index is 0.845. The summed E-state index contributed by atoms with van der Waals surface area (Å²) in [5.41, 5.74) is 2.13. The third-order valence-electron chi connectivity index (χ3n) is 1.80. The standard InChI is InChI=1S/C9H8ClNS.C2H6/c1-5-3-4-7-9(8(5)10)12-6(2)11-7;1-2/h3-4H,1-2H3;1-2H3. The van der Waals surface area contributed by atoms with Crippen LogP contribution in [0.3, 0.4) is 0 Å². The second kappa shape index (κ2) is 4.76. The van der Waals surface area contributed by atoms with E-state index in [1.54, 1.807) is 11.3 Å². The normalized spacial score (nSPS) is 9.79.